The zero-order valence-electron chi connectivity index (χ0n) is 17.3. The summed E-state index contributed by atoms with van der Waals surface area (Å²) >= 11 is 0. The van der Waals surface area contributed by atoms with Crippen molar-refractivity contribution >= 4 is 5.91 Å². The van der Waals surface area contributed by atoms with Gasteiger partial charge in [-0.25, -0.2) is 0 Å². The van der Waals surface area contributed by atoms with E-state index >= 15 is 0 Å². The first kappa shape index (κ1) is 20.3. The molecule has 0 aromatic carbocycles. The van der Waals surface area contributed by atoms with Gasteiger partial charge in [0.1, 0.15) is 0 Å². The van der Waals surface area contributed by atoms with E-state index in [4.69, 9.17) is 9.26 Å². The predicted molar refractivity (Wildman–Crippen MR) is 104 cm³/mol. The second kappa shape index (κ2) is 8.74. The molecule has 1 aliphatic carbocycles. The molecule has 1 aromatic rings. The maximum Gasteiger partial charge on any atom is 0.223 e. The van der Waals surface area contributed by atoms with Crippen molar-refractivity contribution in [3.8, 4) is 0 Å². The van der Waals surface area contributed by atoms with Crippen LogP contribution in [0.15, 0.2) is 10.6 Å². The van der Waals surface area contributed by atoms with E-state index in [2.05, 4.69) is 49.1 Å². The molecule has 2 fully saturated rings. The van der Waals surface area contributed by atoms with Gasteiger partial charge in [0.15, 0.2) is 5.76 Å². The highest BCUT2D eigenvalue weighted by Gasteiger charge is 2.49. The Morgan fingerprint density at radius 3 is 2.67 bits per heavy atom. The van der Waals surface area contributed by atoms with E-state index in [-0.39, 0.29) is 23.3 Å². The summed E-state index contributed by atoms with van der Waals surface area (Å²) in [6.45, 7) is 13.0. The minimum Gasteiger partial charge on any atom is -0.379 e. The zero-order valence-corrected chi connectivity index (χ0v) is 17.3. The second-order valence-corrected chi connectivity index (χ2v) is 8.71. The molecule has 1 aliphatic heterocycles. The van der Waals surface area contributed by atoms with E-state index in [9.17, 15) is 4.79 Å². The lowest BCUT2D eigenvalue weighted by Crippen LogP contribution is -2.59. The molecule has 3 rings (SSSR count). The second-order valence-electron chi connectivity index (χ2n) is 8.71. The quantitative estimate of drug-likeness (QED) is 0.754. The number of rotatable bonds is 8. The molecule has 1 saturated carbocycles. The molecule has 2 heterocycles. The normalized spacial score (nSPS) is 25.4. The summed E-state index contributed by atoms with van der Waals surface area (Å²) in [6.07, 6.45) is 3.75. The average Bonchev–Trinajstić information content (AvgIpc) is 3.10. The first-order chi connectivity index (χ1) is 12.9. The average molecular weight is 378 g/mol. The third kappa shape index (κ3) is 4.72. The summed E-state index contributed by atoms with van der Waals surface area (Å²) in [5.41, 5.74) is 1.12. The van der Waals surface area contributed by atoms with Crippen LogP contribution in [0.5, 0.6) is 0 Å². The molecule has 6 heteroatoms. The highest BCUT2D eigenvalue weighted by atomic mass is 16.5. The molecule has 0 bridgehead atoms. The molecule has 1 saturated heterocycles. The van der Waals surface area contributed by atoms with Crippen LogP contribution >= 0.6 is 0 Å². The van der Waals surface area contributed by atoms with Crippen LogP contribution in [0, 0.1) is 17.3 Å². The SMILES string of the molecule is CCC(CC)C(=O)NC1CC(Cc2cc(CN3CCOCC3)on2)C1(C)C. The Bertz CT molecular complexity index is 618. The number of hydrogen-bond donors (Lipinski definition) is 1. The van der Waals surface area contributed by atoms with Crippen LogP contribution in [-0.2, 0) is 22.5 Å². The predicted octanol–water partition coefficient (Wildman–Crippen LogP) is 3.02. The van der Waals surface area contributed by atoms with Crippen LogP contribution in [0.25, 0.3) is 0 Å². The number of morpholine rings is 1. The van der Waals surface area contributed by atoms with E-state index in [0.29, 0.717) is 5.92 Å². The number of carbonyl (C=O) groups excluding carboxylic acids is 1. The van der Waals surface area contributed by atoms with Gasteiger partial charge in [0.05, 0.1) is 25.5 Å². The van der Waals surface area contributed by atoms with Crippen molar-refractivity contribution in [2.24, 2.45) is 17.3 Å². The van der Waals surface area contributed by atoms with Crippen LogP contribution in [0.3, 0.4) is 0 Å². The smallest absolute Gasteiger partial charge is 0.223 e. The van der Waals surface area contributed by atoms with E-state index in [1.54, 1.807) is 0 Å². The number of ether oxygens (including phenoxy) is 1. The summed E-state index contributed by atoms with van der Waals surface area (Å²) in [7, 11) is 0. The van der Waals surface area contributed by atoms with Crippen molar-refractivity contribution in [2.45, 2.75) is 66.0 Å². The lowest BCUT2D eigenvalue weighted by atomic mass is 9.57. The van der Waals surface area contributed by atoms with Gasteiger partial charge in [-0.3, -0.25) is 9.69 Å². The largest absolute Gasteiger partial charge is 0.379 e. The van der Waals surface area contributed by atoms with E-state index < -0.39 is 0 Å². The molecular weight excluding hydrogens is 342 g/mol. The Labute approximate surface area is 163 Å². The molecule has 6 nitrogen and oxygen atoms in total. The van der Waals surface area contributed by atoms with Gasteiger partial charge in [0.2, 0.25) is 5.91 Å². The molecule has 1 N–H and O–H groups in total. The number of carbonyl (C=O) groups is 1. The number of nitrogens with one attached hydrogen (secondary N) is 1. The van der Waals surface area contributed by atoms with Crippen LogP contribution < -0.4 is 5.32 Å². The topological polar surface area (TPSA) is 67.6 Å². The minimum absolute atomic E-state index is 0.0883. The molecule has 152 valence electrons. The summed E-state index contributed by atoms with van der Waals surface area (Å²) < 4.78 is 10.9. The maximum absolute atomic E-state index is 12.4. The Hall–Kier alpha value is -1.40. The fourth-order valence-electron chi connectivity index (χ4n) is 4.31. The van der Waals surface area contributed by atoms with Crippen molar-refractivity contribution in [1.82, 2.24) is 15.4 Å². The number of nitrogens with zero attached hydrogens (tertiary/aromatic N) is 2. The van der Waals surface area contributed by atoms with Gasteiger partial charge in [-0.1, -0.05) is 32.9 Å². The standard InChI is InChI=1S/C21H35N3O3/c1-5-15(6-2)20(25)22-19-12-16(21(19,3)4)11-17-13-18(27-23-17)14-24-7-9-26-10-8-24/h13,15-16,19H,5-12,14H2,1-4H3,(H,22,25). The summed E-state index contributed by atoms with van der Waals surface area (Å²) in [5.74, 6) is 1.80. The van der Waals surface area contributed by atoms with Crippen molar-refractivity contribution in [3.63, 3.8) is 0 Å². The molecule has 0 radical (unpaired) electrons. The maximum atomic E-state index is 12.4. The zero-order chi connectivity index (χ0) is 19.4. The van der Waals surface area contributed by atoms with E-state index in [1.165, 1.54) is 0 Å². The van der Waals surface area contributed by atoms with Gasteiger partial charge in [-0.15, -0.1) is 0 Å². The van der Waals surface area contributed by atoms with E-state index in [0.717, 1.165) is 70.0 Å². The fourth-order valence-corrected chi connectivity index (χ4v) is 4.31. The monoisotopic (exact) mass is 377 g/mol. The van der Waals surface area contributed by atoms with Gasteiger partial charge in [-0.2, -0.15) is 0 Å². The number of amides is 1. The highest BCUT2D eigenvalue weighted by Crippen LogP contribution is 2.47. The van der Waals surface area contributed by atoms with Crippen molar-refractivity contribution in [3.05, 3.63) is 17.5 Å². The fraction of sp³-hybridized carbons (Fsp3) is 0.810. The summed E-state index contributed by atoms with van der Waals surface area (Å²) in [5, 5.41) is 7.57. The van der Waals surface area contributed by atoms with Crippen molar-refractivity contribution in [2.75, 3.05) is 26.3 Å². The molecular formula is C21H35N3O3. The Morgan fingerprint density at radius 2 is 2.04 bits per heavy atom. The molecule has 1 aromatic heterocycles. The van der Waals surface area contributed by atoms with Crippen LogP contribution in [-0.4, -0.2) is 48.3 Å². The molecule has 2 unspecified atom stereocenters. The Kier molecular flexibility index (Phi) is 6.58. The summed E-state index contributed by atoms with van der Waals surface area (Å²) in [4.78, 5) is 14.7. The van der Waals surface area contributed by atoms with Gasteiger partial charge in [0, 0.05) is 31.1 Å². The van der Waals surface area contributed by atoms with Gasteiger partial charge in [0.25, 0.3) is 0 Å². The van der Waals surface area contributed by atoms with Gasteiger partial charge in [-0.05, 0) is 37.0 Å². The Morgan fingerprint density at radius 1 is 1.33 bits per heavy atom. The number of hydrogen-bond acceptors (Lipinski definition) is 5. The van der Waals surface area contributed by atoms with Gasteiger partial charge < -0.3 is 14.6 Å². The molecule has 27 heavy (non-hydrogen) atoms. The highest BCUT2D eigenvalue weighted by molar-refractivity contribution is 5.79. The molecule has 2 aliphatic rings. The lowest BCUT2D eigenvalue weighted by molar-refractivity contribution is -0.129. The minimum atomic E-state index is 0.0883. The third-order valence-corrected chi connectivity index (χ3v) is 6.69. The first-order valence-electron chi connectivity index (χ1n) is 10.5. The number of aromatic nitrogens is 1. The van der Waals surface area contributed by atoms with Gasteiger partial charge >= 0.3 is 0 Å². The third-order valence-electron chi connectivity index (χ3n) is 6.69. The summed E-state index contributed by atoms with van der Waals surface area (Å²) in [6, 6.07) is 2.36. The van der Waals surface area contributed by atoms with Crippen molar-refractivity contribution in [1.29, 1.82) is 0 Å². The van der Waals surface area contributed by atoms with Crippen LogP contribution in [0.4, 0.5) is 0 Å². The van der Waals surface area contributed by atoms with Crippen LogP contribution in [0.2, 0.25) is 0 Å². The molecule has 0 spiro atoms. The molecule has 1 amide bonds. The van der Waals surface area contributed by atoms with E-state index in [1.807, 2.05) is 0 Å². The van der Waals surface area contributed by atoms with Crippen molar-refractivity contribution < 1.29 is 14.1 Å². The lowest BCUT2D eigenvalue weighted by Gasteiger charge is -2.52. The Balaban J connectivity index is 1.49. The first-order valence-corrected chi connectivity index (χ1v) is 10.5. The molecule has 2 atom stereocenters. The van der Waals surface area contributed by atoms with Crippen LogP contribution in [0.1, 0.15) is 58.4 Å².